The SMILES string of the molecule is CCC(C)[C@H](NC(=O)[C@H]1CCCCN1C)C(=O)N(C)C(C[C@@H](OC(C)=O)c1nc(C(=O)N[C@H]2Cc3ccccc3[C@H](C)C2)cs1)C(C)C. The van der Waals surface area contributed by atoms with E-state index < -0.39 is 18.1 Å². The van der Waals surface area contributed by atoms with E-state index >= 15 is 0 Å². The number of ether oxygens (including phenoxy) is 1. The first kappa shape index (κ1) is 37.5. The van der Waals surface area contributed by atoms with E-state index in [0.29, 0.717) is 17.3 Å². The minimum Gasteiger partial charge on any atom is -0.455 e. The third-order valence-corrected chi connectivity index (χ3v) is 11.2. The maximum absolute atomic E-state index is 14.1. The zero-order valence-electron chi connectivity index (χ0n) is 30.0. The Hall–Kier alpha value is -3.31. The molecule has 11 heteroatoms. The van der Waals surface area contributed by atoms with E-state index in [4.69, 9.17) is 4.74 Å². The number of hydrogen-bond acceptors (Lipinski definition) is 8. The first-order valence-corrected chi connectivity index (χ1v) is 18.5. The number of fused-ring (bicyclic) bond motifs is 1. The number of rotatable bonds is 13. The van der Waals surface area contributed by atoms with Crippen molar-refractivity contribution in [2.24, 2.45) is 11.8 Å². The fourth-order valence-corrected chi connectivity index (χ4v) is 8.07. The highest BCUT2D eigenvalue weighted by molar-refractivity contribution is 7.09. The van der Waals surface area contributed by atoms with Crippen molar-refractivity contribution in [1.29, 1.82) is 0 Å². The average Bonchev–Trinajstić information content (AvgIpc) is 3.55. The lowest BCUT2D eigenvalue weighted by Crippen LogP contribution is -2.58. The maximum atomic E-state index is 14.1. The van der Waals surface area contributed by atoms with Crippen LogP contribution in [0, 0.1) is 11.8 Å². The summed E-state index contributed by atoms with van der Waals surface area (Å²) in [5.74, 6) is -0.714. The van der Waals surface area contributed by atoms with Gasteiger partial charge in [-0.1, -0.05) is 71.7 Å². The molecule has 2 N–H and O–H groups in total. The standard InChI is InChI=1S/C37H55N5O5S/c1-9-23(4)33(40-35(45)30-16-12-13-17-41(30)7)37(46)42(8)31(22(2)3)20-32(47-25(6)43)36-39-29(21-48-36)34(44)38-27-18-24(5)28-15-11-10-14-26(28)19-27/h10-11,14-15,21-24,27,30-33H,9,12-13,16-20H2,1-8H3,(H,38,44)(H,40,45)/t23?,24-,27-,30-,31?,32-,33+/m1/s1. The molecule has 0 saturated carbocycles. The Bertz CT molecular complexity index is 1430. The highest BCUT2D eigenvalue weighted by Gasteiger charge is 2.37. The first-order valence-electron chi connectivity index (χ1n) is 17.6. The number of piperidine rings is 1. The van der Waals surface area contributed by atoms with E-state index in [1.54, 1.807) is 17.3 Å². The predicted octanol–water partition coefficient (Wildman–Crippen LogP) is 5.48. The number of nitrogens with zero attached hydrogens (tertiary/aromatic N) is 3. The van der Waals surface area contributed by atoms with Gasteiger partial charge in [-0.05, 0) is 68.2 Å². The molecule has 2 unspecified atom stereocenters. The van der Waals surface area contributed by atoms with Crippen molar-refractivity contribution >= 4 is 35.0 Å². The summed E-state index contributed by atoms with van der Waals surface area (Å²) >= 11 is 1.28. The van der Waals surface area contributed by atoms with Crippen molar-refractivity contribution in [3.05, 3.63) is 51.5 Å². The molecule has 1 aliphatic carbocycles. The molecule has 2 aromatic rings. The number of amides is 3. The van der Waals surface area contributed by atoms with Crippen molar-refractivity contribution in [3.63, 3.8) is 0 Å². The second-order valence-electron chi connectivity index (χ2n) is 14.2. The molecule has 2 aliphatic rings. The lowest BCUT2D eigenvalue weighted by atomic mass is 9.81. The molecule has 10 nitrogen and oxygen atoms in total. The van der Waals surface area contributed by atoms with Gasteiger partial charge in [-0.3, -0.25) is 24.1 Å². The summed E-state index contributed by atoms with van der Waals surface area (Å²) in [7, 11) is 3.72. The predicted molar refractivity (Wildman–Crippen MR) is 189 cm³/mol. The Labute approximate surface area is 290 Å². The molecule has 264 valence electrons. The van der Waals surface area contributed by atoms with Gasteiger partial charge in [-0.15, -0.1) is 11.3 Å². The van der Waals surface area contributed by atoms with Gasteiger partial charge in [-0.2, -0.15) is 0 Å². The second kappa shape index (κ2) is 16.9. The summed E-state index contributed by atoms with van der Waals surface area (Å²) in [5, 5.41) is 8.49. The minimum absolute atomic E-state index is 0.000684. The lowest BCUT2D eigenvalue weighted by molar-refractivity contribution is -0.149. The van der Waals surface area contributed by atoms with Gasteiger partial charge in [-0.25, -0.2) is 4.98 Å². The highest BCUT2D eigenvalue weighted by Crippen LogP contribution is 2.33. The number of carbonyl (C=O) groups is 4. The van der Waals surface area contributed by atoms with Crippen LogP contribution in [-0.4, -0.2) is 83.3 Å². The minimum atomic E-state index is -0.745. The molecule has 3 amide bonds. The van der Waals surface area contributed by atoms with Crippen molar-refractivity contribution in [3.8, 4) is 0 Å². The van der Waals surface area contributed by atoms with Crippen LogP contribution in [0.5, 0.6) is 0 Å². The van der Waals surface area contributed by atoms with Crippen LogP contribution in [0.1, 0.15) is 119 Å². The molecular weight excluding hydrogens is 627 g/mol. The summed E-state index contributed by atoms with van der Waals surface area (Å²) in [6.07, 6.45) is 4.74. The van der Waals surface area contributed by atoms with Crippen molar-refractivity contribution < 1.29 is 23.9 Å². The van der Waals surface area contributed by atoms with E-state index in [1.807, 2.05) is 40.8 Å². The average molecular weight is 682 g/mol. The van der Waals surface area contributed by atoms with Gasteiger partial charge >= 0.3 is 5.97 Å². The number of likely N-dealkylation sites (N-methyl/N-ethyl adjacent to an activating group) is 2. The van der Waals surface area contributed by atoms with Gasteiger partial charge in [0.05, 0.1) is 6.04 Å². The molecule has 2 heterocycles. The van der Waals surface area contributed by atoms with E-state index in [-0.39, 0.29) is 53.4 Å². The molecule has 1 fully saturated rings. The molecule has 7 atom stereocenters. The molecule has 1 aromatic carbocycles. The van der Waals surface area contributed by atoms with Crippen LogP contribution in [0.4, 0.5) is 0 Å². The molecule has 48 heavy (non-hydrogen) atoms. The fourth-order valence-electron chi connectivity index (χ4n) is 7.23. The Morgan fingerprint density at radius 3 is 2.54 bits per heavy atom. The van der Waals surface area contributed by atoms with E-state index in [0.717, 1.165) is 45.1 Å². The van der Waals surface area contributed by atoms with Crippen LogP contribution in [0.25, 0.3) is 0 Å². The Balaban J connectivity index is 1.48. The Morgan fingerprint density at radius 1 is 1.15 bits per heavy atom. The van der Waals surface area contributed by atoms with Gasteiger partial charge in [0.25, 0.3) is 5.91 Å². The normalized spacial score (nSPS) is 22.1. The van der Waals surface area contributed by atoms with Crippen LogP contribution in [0.3, 0.4) is 0 Å². The quantitative estimate of drug-likeness (QED) is 0.269. The topological polar surface area (TPSA) is 121 Å². The number of esters is 1. The monoisotopic (exact) mass is 681 g/mol. The van der Waals surface area contributed by atoms with Crippen LogP contribution >= 0.6 is 11.3 Å². The zero-order valence-corrected chi connectivity index (χ0v) is 30.8. The summed E-state index contributed by atoms with van der Waals surface area (Å²) in [6, 6.07) is 7.12. The van der Waals surface area contributed by atoms with Crippen LogP contribution in [-0.2, 0) is 25.5 Å². The summed E-state index contributed by atoms with van der Waals surface area (Å²) in [6.45, 7) is 12.5. The van der Waals surface area contributed by atoms with Gasteiger partial charge in [0.1, 0.15) is 16.7 Å². The summed E-state index contributed by atoms with van der Waals surface area (Å²) in [4.78, 5) is 61.6. The van der Waals surface area contributed by atoms with Crippen molar-refractivity contribution in [2.75, 3.05) is 20.6 Å². The van der Waals surface area contributed by atoms with Crippen molar-refractivity contribution in [1.82, 2.24) is 25.4 Å². The van der Waals surface area contributed by atoms with Gasteiger partial charge in [0.2, 0.25) is 11.8 Å². The Morgan fingerprint density at radius 2 is 1.88 bits per heavy atom. The Kier molecular flexibility index (Phi) is 13.2. The van der Waals surface area contributed by atoms with Crippen LogP contribution in [0.15, 0.2) is 29.6 Å². The molecule has 1 aromatic heterocycles. The molecule has 1 saturated heterocycles. The van der Waals surface area contributed by atoms with Gasteiger partial charge in [0.15, 0.2) is 6.10 Å². The maximum Gasteiger partial charge on any atom is 0.303 e. The van der Waals surface area contributed by atoms with Crippen LogP contribution in [0.2, 0.25) is 0 Å². The zero-order chi connectivity index (χ0) is 35.1. The van der Waals surface area contributed by atoms with Crippen molar-refractivity contribution in [2.45, 2.75) is 123 Å². The lowest BCUT2D eigenvalue weighted by Gasteiger charge is -2.38. The molecular formula is C37H55N5O5S. The van der Waals surface area contributed by atoms with E-state index in [1.165, 1.54) is 29.4 Å². The summed E-state index contributed by atoms with van der Waals surface area (Å²) in [5.41, 5.74) is 2.88. The number of hydrogen-bond donors (Lipinski definition) is 2. The first-order chi connectivity index (χ1) is 22.8. The number of thiazole rings is 1. The highest BCUT2D eigenvalue weighted by atomic mass is 32.1. The number of likely N-dealkylation sites (tertiary alicyclic amines) is 1. The van der Waals surface area contributed by atoms with Crippen LogP contribution < -0.4 is 10.6 Å². The van der Waals surface area contributed by atoms with E-state index in [9.17, 15) is 19.2 Å². The molecule has 4 rings (SSSR count). The fraction of sp³-hybridized carbons (Fsp3) is 0.649. The number of aromatic nitrogens is 1. The largest absolute Gasteiger partial charge is 0.455 e. The smallest absolute Gasteiger partial charge is 0.303 e. The third kappa shape index (κ3) is 9.22. The summed E-state index contributed by atoms with van der Waals surface area (Å²) < 4.78 is 5.79. The molecule has 0 spiro atoms. The van der Waals surface area contributed by atoms with Gasteiger partial charge < -0.3 is 20.3 Å². The molecule has 0 radical (unpaired) electrons. The number of benzene rings is 1. The van der Waals surface area contributed by atoms with Gasteiger partial charge in [0, 0.05) is 37.9 Å². The number of nitrogens with one attached hydrogen (secondary N) is 2. The van der Waals surface area contributed by atoms with E-state index in [2.05, 4.69) is 45.6 Å². The second-order valence-corrected chi connectivity index (χ2v) is 15.1. The third-order valence-electron chi connectivity index (χ3n) is 10.3. The molecule has 0 bridgehead atoms. The number of carbonyl (C=O) groups excluding carboxylic acids is 4. The molecule has 1 aliphatic heterocycles.